The summed E-state index contributed by atoms with van der Waals surface area (Å²) in [5.41, 5.74) is 3.36. The van der Waals surface area contributed by atoms with Crippen LogP contribution in [0.2, 0.25) is 0 Å². The maximum atomic E-state index is 8.93. The molecule has 0 spiro atoms. The van der Waals surface area contributed by atoms with Crippen molar-refractivity contribution in [1.29, 1.82) is 0 Å². The van der Waals surface area contributed by atoms with E-state index in [-0.39, 0.29) is 6.61 Å². The molecule has 2 aromatic rings. The van der Waals surface area contributed by atoms with Crippen LogP contribution in [0.25, 0.3) is 10.9 Å². The molecule has 0 aliphatic carbocycles. The fourth-order valence-corrected chi connectivity index (χ4v) is 3.24. The second-order valence-corrected chi connectivity index (χ2v) is 5.43. The van der Waals surface area contributed by atoms with Crippen LogP contribution >= 0.6 is 11.8 Å². The fourth-order valence-electron chi connectivity index (χ4n) is 2.21. The summed E-state index contributed by atoms with van der Waals surface area (Å²) < 4.78 is 0. The standard InChI is InChI=1S/C13H15N3OS/c1-8-2-3-9-11(15-8)10-4-7-18-13(10)16-12(9)14-5-6-17/h2-3,17H,4-7H2,1H3,(H,14,16). The quantitative estimate of drug-likeness (QED) is 0.885. The smallest absolute Gasteiger partial charge is 0.136 e. The largest absolute Gasteiger partial charge is 0.395 e. The molecule has 94 valence electrons. The molecule has 0 atom stereocenters. The van der Waals surface area contributed by atoms with E-state index >= 15 is 0 Å². The van der Waals surface area contributed by atoms with Crippen LogP contribution < -0.4 is 5.32 Å². The number of thioether (sulfide) groups is 1. The maximum Gasteiger partial charge on any atom is 0.136 e. The first-order chi connectivity index (χ1) is 8.79. The molecule has 1 aliphatic heterocycles. The third-order valence-corrected chi connectivity index (χ3v) is 4.06. The summed E-state index contributed by atoms with van der Waals surface area (Å²) in [4.78, 5) is 9.31. The van der Waals surface area contributed by atoms with Gasteiger partial charge in [-0.05, 0) is 25.5 Å². The van der Waals surface area contributed by atoms with Gasteiger partial charge in [0.2, 0.25) is 0 Å². The van der Waals surface area contributed by atoms with Gasteiger partial charge in [0.25, 0.3) is 0 Å². The number of aryl methyl sites for hydroxylation is 2. The van der Waals surface area contributed by atoms with Gasteiger partial charge in [0.05, 0.1) is 12.1 Å². The lowest BCUT2D eigenvalue weighted by Crippen LogP contribution is -2.08. The Morgan fingerprint density at radius 3 is 3.11 bits per heavy atom. The predicted molar refractivity (Wildman–Crippen MR) is 74.3 cm³/mol. The Hall–Kier alpha value is -1.33. The van der Waals surface area contributed by atoms with Gasteiger partial charge in [-0.25, -0.2) is 4.98 Å². The average Bonchev–Trinajstić information content (AvgIpc) is 2.84. The monoisotopic (exact) mass is 261 g/mol. The van der Waals surface area contributed by atoms with Crippen LogP contribution in [0.1, 0.15) is 11.3 Å². The van der Waals surface area contributed by atoms with Crippen molar-refractivity contribution >= 4 is 28.5 Å². The topological polar surface area (TPSA) is 58.0 Å². The van der Waals surface area contributed by atoms with Gasteiger partial charge in [0.1, 0.15) is 10.8 Å². The zero-order valence-corrected chi connectivity index (χ0v) is 11.0. The van der Waals surface area contributed by atoms with Gasteiger partial charge in [-0.15, -0.1) is 11.8 Å². The van der Waals surface area contributed by atoms with Crippen LogP contribution in [0.4, 0.5) is 5.82 Å². The minimum absolute atomic E-state index is 0.104. The Morgan fingerprint density at radius 1 is 1.39 bits per heavy atom. The SMILES string of the molecule is Cc1ccc2c(NCCO)nc3c(c2n1)CCS3. The second-order valence-electron chi connectivity index (χ2n) is 4.34. The van der Waals surface area contributed by atoms with E-state index in [1.807, 2.05) is 13.0 Å². The summed E-state index contributed by atoms with van der Waals surface area (Å²) in [6, 6.07) is 4.07. The zero-order chi connectivity index (χ0) is 12.5. The molecule has 0 saturated heterocycles. The summed E-state index contributed by atoms with van der Waals surface area (Å²) in [7, 11) is 0. The lowest BCUT2D eigenvalue weighted by molar-refractivity contribution is 0.311. The van der Waals surface area contributed by atoms with Crippen molar-refractivity contribution in [1.82, 2.24) is 9.97 Å². The number of anilines is 1. The van der Waals surface area contributed by atoms with Crippen LogP contribution in [0.15, 0.2) is 17.2 Å². The van der Waals surface area contributed by atoms with Crippen molar-refractivity contribution in [2.24, 2.45) is 0 Å². The number of hydrogen-bond donors (Lipinski definition) is 2. The number of hydrogen-bond acceptors (Lipinski definition) is 5. The lowest BCUT2D eigenvalue weighted by atomic mass is 10.1. The number of aliphatic hydroxyl groups excluding tert-OH is 1. The van der Waals surface area contributed by atoms with E-state index in [0.717, 1.165) is 39.6 Å². The summed E-state index contributed by atoms with van der Waals surface area (Å²) in [6.07, 6.45) is 1.04. The molecule has 3 heterocycles. The minimum atomic E-state index is 0.104. The summed E-state index contributed by atoms with van der Waals surface area (Å²) in [5, 5.41) is 14.2. The van der Waals surface area contributed by atoms with Crippen LogP contribution in [0.5, 0.6) is 0 Å². The molecule has 2 aromatic heterocycles. The molecule has 0 saturated carbocycles. The van der Waals surface area contributed by atoms with Crippen LogP contribution in [0, 0.1) is 6.92 Å². The average molecular weight is 261 g/mol. The van der Waals surface area contributed by atoms with Crippen LogP contribution in [-0.2, 0) is 6.42 Å². The van der Waals surface area contributed by atoms with Gasteiger partial charge < -0.3 is 10.4 Å². The molecule has 5 heteroatoms. The highest BCUT2D eigenvalue weighted by Crippen LogP contribution is 2.36. The Balaban J connectivity index is 2.21. The third-order valence-electron chi connectivity index (χ3n) is 3.04. The lowest BCUT2D eigenvalue weighted by Gasteiger charge is -2.11. The van der Waals surface area contributed by atoms with Gasteiger partial charge >= 0.3 is 0 Å². The Kier molecular flexibility index (Phi) is 3.09. The van der Waals surface area contributed by atoms with Crippen molar-refractivity contribution in [3.63, 3.8) is 0 Å². The Morgan fingerprint density at radius 2 is 2.28 bits per heavy atom. The van der Waals surface area contributed by atoms with Crippen molar-refractivity contribution in [2.75, 3.05) is 24.2 Å². The van der Waals surface area contributed by atoms with Gasteiger partial charge in [0.15, 0.2) is 0 Å². The molecular weight excluding hydrogens is 246 g/mol. The Labute approximate surface area is 110 Å². The predicted octanol–water partition coefficient (Wildman–Crippen LogP) is 1.99. The van der Waals surface area contributed by atoms with E-state index in [4.69, 9.17) is 5.11 Å². The van der Waals surface area contributed by atoms with Crippen molar-refractivity contribution in [2.45, 2.75) is 18.4 Å². The minimum Gasteiger partial charge on any atom is -0.395 e. The highest BCUT2D eigenvalue weighted by Gasteiger charge is 2.19. The number of nitrogens with one attached hydrogen (secondary N) is 1. The number of pyridine rings is 2. The summed E-state index contributed by atoms with van der Waals surface area (Å²) >= 11 is 1.78. The molecule has 4 nitrogen and oxygen atoms in total. The molecule has 0 unspecified atom stereocenters. The second kappa shape index (κ2) is 4.74. The molecule has 0 amide bonds. The molecule has 2 N–H and O–H groups in total. The van der Waals surface area contributed by atoms with Gasteiger partial charge in [0, 0.05) is 28.9 Å². The van der Waals surface area contributed by atoms with E-state index in [9.17, 15) is 0 Å². The van der Waals surface area contributed by atoms with E-state index in [0.29, 0.717) is 6.54 Å². The van der Waals surface area contributed by atoms with Crippen LogP contribution in [-0.4, -0.2) is 34.0 Å². The van der Waals surface area contributed by atoms with Crippen molar-refractivity contribution in [3.8, 4) is 0 Å². The molecule has 0 aromatic carbocycles. The molecule has 3 rings (SSSR count). The summed E-state index contributed by atoms with van der Waals surface area (Å²) in [5.74, 6) is 1.91. The molecule has 0 fully saturated rings. The number of aromatic nitrogens is 2. The molecule has 1 aliphatic rings. The number of rotatable bonds is 3. The zero-order valence-electron chi connectivity index (χ0n) is 10.2. The van der Waals surface area contributed by atoms with Crippen molar-refractivity contribution in [3.05, 3.63) is 23.4 Å². The van der Waals surface area contributed by atoms with E-state index in [1.165, 1.54) is 5.56 Å². The first-order valence-electron chi connectivity index (χ1n) is 6.07. The first-order valence-corrected chi connectivity index (χ1v) is 7.06. The normalized spacial score (nSPS) is 13.9. The number of aliphatic hydroxyl groups is 1. The highest BCUT2D eigenvalue weighted by atomic mass is 32.2. The van der Waals surface area contributed by atoms with E-state index < -0.39 is 0 Å². The van der Waals surface area contributed by atoms with Gasteiger partial charge in [-0.3, -0.25) is 4.98 Å². The number of nitrogens with zero attached hydrogens (tertiary/aromatic N) is 2. The molecule has 0 bridgehead atoms. The van der Waals surface area contributed by atoms with E-state index in [2.05, 4.69) is 21.4 Å². The van der Waals surface area contributed by atoms with Crippen LogP contribution in [0.3, 0.4) is 0 Å². The molecule has 18 heavy (non-hydrogen) atoms. The Bertz CT molecular complexity index is 600. The summed E-state index contributed by atoms with van der Waals surface area (Å²) in [6.45, 7) is 2.63. The first kappa shape index (κ1) is 11.7. The van der Waals surface area contributed by atoms with E-state index in [1.54, 1.807) is 11.8 Å². The van der Waals surface area contributed by atoms with Crippen molar-refractivity contribution < 1.29 is 5.11 Å². The highest BCUT2D eigenvalue weighted by molar-refractivity contribution is 7.99. The fraction of sp³-hybridized carbons (Fsp3) is 0.385. The van der Waals surface area contributed by atoms with Gasteiger partial charge in [-0.1, -0.05) is 0 Å². The molecule has 0 radical (unpaired) electrons. The van der Waals surface area contributed by atoms with Gasteiger partial charge in [-0.2, -0.15) is 0 Å². The maximum absolute atomic E-state index is 8.93. The number of fused-ring (bicyclic) bond motifs is 3. The third kappa shape index (κ3) is 1.93. The molecular formula is C13H15N3OS.